The Morgan fingerprint density at radius 3 is 2.70 bits per heavy atom. The summed E-state index contributed by atoms with van der Waals surface area (Å²) >= 11 is 0. The highest BCUT2D eigenvalue weighted by Crippen LogP contribution is 2.16. The first-order valence-electron chi connectivity index (χ1n) is 8.03. The normalized spacial score (nSPS) is 15.0. The average Bonchev–Trinajstić information content (AvgIpc) is 3.24. The summed E-state index contributed by atoms with van der Waals surface area (Å²) in [4.78, 5) is 15.7. The molecule has 1 aliphatic rings. The van der Waals surface area contributed by atoms with Crippen LogP contribution in [0.4, 0.5) is 5.95 Å². The molecule has 0 bridgehead atoms. The van der Waals surface area contributed by atoms with Crippen molar-refractivity contribution < 1.29 is 0 Å². The Bertz CT molecular complexity index is 827. The highest BCUT2D eigenvalue weighted by Gasteiger charge is 2.18. The number of aromatic nitrogens is 7. The van der Waals surface area contributed by atoms with E-state index in [0.29, 0.717) is 0 Å². The summed E-state index contributed by atoms with van der Waals surface area (Å²) in [5.74, 6) is 3.48. The summed E-state index contributed by atoms with van der Waals surface area (Å²) in [6, 6.07) is 1.87. The molecular weight excluding hydrogens is 292 g/mol. The maximum Gasteiger partial charge on any atom is 0.244 e. The molecule has 3 aromatic rings. The summed E-state index contributed by atoms with van der Waals surface area (Å²) in [5.41, 5.74) is 0.836. The fourth-order valence-corrected chi connectivity index (χ4v) is 2.98. The van der Waals surface area contributed by atoms with Crippen LogP contribution in [-0.4, -0.2) is 47.4 Å². The summed E-state index contributed by atoms with van der Waals surface area (Å²) in [6.07, 6.45) is 5.74. The van der Waals surface area contributed by atoms with Crippen LogP contribution >= 0.6 is 0 Å². The number of nitrogens with zero attached hydrogens (tertiary/aromatic N) is 8. The molecule has 0 amide bonds. The van der Waals surface area contributed by atoms with E-state index in [1.165, 1.54) is 12.8 Å². The van der Waals surface area contributed by atoms with E-state index in [9.17, 15) is 0 Å². The molecule has 120 valence electrons. The van der Waals surface area contributed by atoms with Gasteiger partial charge in [-0.05, 0) is 19.8 Å². The minimum Gasteiger partial charge on any atom is -0.340 e. The van der Waals surface area contributed by atoms with Crippen molar-refractivity contribution in [1.82, 2.24) is 34.3 Å². The first-order valence-corrected chi connectivity index (χ1v) is 8.03. The second-order valence-electron chi connectivity index (χ2n) is 5.94. The molecule has 4 rings (SSSR count). The molecule has 4 heterocycles. The van der Waals surface area contributed by atoms with Gasteiger partial charge in [0.1, 0.15) is 11.6 Å². The third-order valence-corrected chi connectivity index (χ3v) is 4.27. The Morgan fingerprint density at radius 1 is 1.09 bits per heavy atom. The fraction of sp³-hybridized carbons (Fsp3) is 0.533. The van der Waals surface area contributed by atoms with Gasteiger partial charge in [-0.1, -0.05) is 0 Å². The van der Waals surface area contributed by atoms with Gasteiger partial charge in [-0.2, -0.15) is 9.50 Å². The lowest BCUT2D eigenvalue weighted by atomic mass is 10.3. The predicted octanol–water partition coefficient (Wildman–Crippen LogP) is 0.947. The molecule has 3 aromatic heterocycles. The molecule has 0 aliphatic carbocycles. The Morgan fingerprint density at radius 2 is 1.91 bits per heavy atom. The Hall–Kier alpha value is -2.51. The van der Waals surface area contributed by atoms with Gasteiger partial charge in [-0.15, -0.1) is 10.2 Å². The Labute approximate surface area is 134 Å². The van der Waals surface area contributed by atoms with E-state index in [4.69, 9.17) is 0 Å². The van der Waals surface area contributed by atoms with Crippen LogP contribution in [0, 0.1) is 6.92 Å². The van der Waals surface area contributed by atoms with Crippen molar-refractivity contribution in [3.8, 4) is 0 Å². The number of aryl methyl sites for hydroxylation is 4. The van der Waals surface area contributed by atoms with Crippen molar-refractivity contribution in [2.45, 2.75) is 32.6 Å². The molecule has 0 radical (unpaired) electrons. The number of hydrogen-bond donors (Lipinski definition) is 0. The van der Waals surface area contributed by atoms with Gasteiger partial charge in [0.25, 0.3) is 0 Å². The minimum atomic E-state index is 0.743. The summed E-state index contributed by atoms with van der Waals surface area (Å²) < 4.78 is 3.65. The zero-order chi connectivity index (χ0) is 15.8. The van der Waals surface area contributed by atoms with E-state index in [1.807, 2.05) is 24.7 Å². The molecular formula is C15H20N8. The summed E-state index contributed by atoms with van der Waals surface area (Å²) in [6.45, 7) is 4.05. The van der Waals surface area contributed by atoms with E-state index in [-0.39, 0.29) is 0 Å². The van der Waals surface area contributed by atoms with Gasteiger partial charge in [0, 0.05) is 45.2 Å². The van der Waals surface area contributed by atoms with Crippen LogP contribution in [0.3, 0.4) is 0 Å². The topological polar surface area (TPSA) is 77.0 Å². The van der Waals surface area contributed by atoms with Crippen molar-refractivity contribution in [3.63, 3.8) is 0 Å². The number of rotatable bonds is 4. The Kier molecular flexibility index (Phi) is 3.44. The van der Waals surface area contributed by atoms with Crippen LogP contribution in [0.2, 0.25) is 0 Å². The quantitative estimate of drug-likeness (QED) is 0.714. The Balaban J connectivity index is 1.50. The second kappa shape index (κ2) is 5.60. The lowest BCUT2D eigenvalue weighted by Crippen LogP contribution is -2.19. The molecule has 1 fully saturated rings. The zero-order valence-corrected chi connectivity index (χ0v) is 13.5. The van der Waals surface area contributed by atoms with Crippen LogP contribution in [0.15, 0.2) is 12.3 Å². The molecule has 8 nitrogen and oxygen atoms in total. The maximum absolute atomic E-state index is 4.68. The third kappa shape index (κ3) is 2.64. The maximum atomic E-state index is 4.68. The lowest BCUT2D eigenvalue weighted by Gasteiger charge is -2.10. The van der Waals surface area contributed by atoms with Crippen LogP contribution in [-0.2, 0) is 19.9 Å². The first kappa shape index (κ1) is 14.1. The number of anilines is 1. The van der Waals surface area contributed by atoms with E-state index in [2.05, 4.69) is 30.0 Å². The smallest absolute Gasteiger partial charge is 0.244 e. The lowest BCUT2D eigenvalue weighted by molar-refractivity contribution is 0.680. The third-order valence-electron chi connectivity index (χ3n) is 4.27. The van der Waals surface area contributed by atoms with E-state index in [0.717, 1.165) is 55.0 Å². The molecule has 1 saturated heterocycles. The van der Waals surface area contributed by atoms with Gasteiger partial charge >= 0.3 is 0 Å². The standard InChI is InChI=1S/C15H20N8/c1-11-16-8-7-14-17-12(19-23(11)14)5-6-13-18-15(20-21(13)2)22-9-3-4-10-22/h7-8H,3-6,9-10H2,1-2H3. The second-order valence-corrected chi connectivity index (χ2v) is 5.94. The summed E-state index contributed by atoms with van der Waals surface area (Å²) in [5, 5.41) is 9.05. The van der Waals surface area contributed by atoms with Crippen molar-refractivity contribution in [2.24, 2.45) is 7.05 Å². The van der Waals surface area contributed by atoms with Gasteiger partial charge in [0.2, 0.25) is 5.95 Å². The highest BCUT2D eigenvalue weighted by molar-refractivity contribution is 5.36. The monoisotopic (exact) mass is 312 g/mol. The van der Waals surface area contributed by atoms with Crippen molar-refractivity contribution in [1.29, 1.82) is 0 Å². The molecule has 8 heteroatoms. The molecule has 1 aliphatic heterocycles. The molecule has 0 saturated carbocycles. The van der Waals surface area contributed by atoms with Gasteiger partial charge < -0.3 is 4.90 Å². The van der Waals surface area contributed by atoms with Gasteiger partial charge in [0.15, 0.2) is 11.5 Å². The van der Waals surface area contributed by atoms with Crippen molar-refractivity contribution in [2.75, 3.05) is 18.0 Å². The van der Waals surface area contributed by atoms with Crippen LogP contribution in [0.5, 0.6) is 0 Å². The predicted molar refractivity (Wildman–Crippen MR) is 85.4 cm³/mol. The average molecular weight is 312 g/mol. The largest absolute Gasteiger partial charge is 0.340 e. The molecule has 0 atom stereocenters. The number of fused-ring (bicyclic) bond motifs is 1. The fourth-order valence-electron chi connectivity index (χ4n) is 2.98. The molecule has 0 spiro atoms. The van der Waals surface area contributed by atoms with Gasteiger partial charge in [0.05, 0.1) is 0 Å². The molecule has 0 aromatic carbocycles. The van der Waals surface area contributed by atoms with E-state index in [1.54, 1.807) is 10.7 Å². The van der Waals surface area contributed by atoms with Gasteiger partial charge in [-0.3, -0.25) is 4.68 Å². The van der Waals surface area contributed by atoms with Crippen molar-refractivity contribution >= 4 is 11.6 Å². The minimum absolute atomic E-state index is 0.743. The zero-order valence-electron chi connectivity index (χ0n) is 13.5. The van der Waals surface area contributed by atoms with Crippen LogP contribution in [0.25, 0.3) is 5.65 Å². The van der Waals surface area contributed by atoms with E-state index < -0.39 is 0 Å². The summed E-state index contributed by atoms with van der Waals surface area (Å²) in [7, 11) is 1.95. The SMILES string of the molecule is Cc1nccc2nc(CCc3nc(N4CCCC4)nn3C)nn12. The highest BCUT2D eigenvalue weighted by atomic mass is 15.4. The number of hydrogen-bond acceptors (Lipinski definition) is 6. The molecule has 0 N–H and O–H groups in total. The van der Waals surface area contributed by atoms with Crippen molar-refractivity contribution in [3.05, 3.63) is 29.7 Å². The van der Waals surface area contributed by atoms with E-state index >= 15 is 0 Å². The molecule has 0 unspecified atom stereocenters. The van der Waals surface area contributed by atoms with Crippen LogP contribution in [0.1, 0.15) is 30.3 Å². The van der Waals surface area contributed by atoms with Crippen LogP contribution < -0.4 is 4.90 Å². The first-order chi connectivity index (χ1) is 11.2. The van der Waals surface area contributed by atoms with Gasteiger partial charge in [-0.25, -0.2) is 9.97 Å². The molecule has 23 heavy (non-hydrogen) atoms.